The minimum Gasteiger partial charge on any atom is -0.350 e. The Hall–Kier alpha value is -2.22. The first-order valence-corrected chi connectivity index (χ1v) is 15.6. The van der Waals surface area contributed by atoms with Crippen LogP contribution in [0.1, 0.15) is 120 Å². The monoisotopic (exact) mass is 548 g/mol. The Morgan fingerprint density at radius 1 is 1.10 bits per heavy atom. The van der Waals surface area contributed by atoms with Gasteiger partial charge in [0, 0.05) is 22.8 Å². The Kier molecular flexibility index (Phi) is 7.87. The van der Waals surface area contributed by atoms with E-state index in [9.17, 15) is 19.6 Å². The van der Waals surface area contributed by atoms with Crippen molar-refractivity contribution in [3.05, 3.63) is 23.3 Å². The topological polar surface area (TPSA) is 87.0 Å². The molecule has 0 aromatic heterocycles. The molecule has 0 radical (unpaired) electrons. The minimum absolute atomic E-state index is 0.00617. The van der Waals surface area contributed by atoms with E-state index in [1.807, 2.05) is 19.1 Å². The van der Waals surface area contributed by atoms with Gasteiger partial charge >= 0.3 is 0 Å². The van der Waals surface area contributed by atoms with Gasteiger partial charge in [-0.05, 0) is 98.9 Å². The van der Waals surface area contributed by atoms with Crippen molar-refractivity contribution >= 4 is 17.5 Å². The van der Waals surface area contributed by atoms with Crippen molar-refractivity contribution in [1.29, 1.82) is 5.26 Å². The number of fused-ring (bicyclic) bond motifs is 1. The van der Waals surface area contributed by atoms with Crippen molar-refractivity contribution in [3.8, 4) is 6.07 Å². The Morgan fingerprint density at radius 2 is 1.75 bits per heavy atom. The number of nitrogens with zero attached hydrogens (tertiary/aromatic N) is 1. The molecule has 0 aromatic carbocycles. The molecule has 4 aliphatic carbocycles. The standard InChI is InChI=1S/C35H52N2O3/c1-22-19-31(4,5)14-16-35(22,37-30(40)25-10-11-25)17-15-32(6,7)34(9)13-12-27-24(3)29(39)26(21-36)20-33(27,8)28(34)18-23(2)38/h18,20,22,24-25,27H,10-17,19H2,1-9H3,(H,37,40)/b28-18-/t22?,24-,27-,33-,34+,35-/m0/s1. The number of rotatable bonds is 7. The average Bonchev–Trinajstić information content (AvgIpc) is 3.70. The molecular weight excluding hydrogens is 496 g/mol. The number of carbonyl (C=O) groups excluding carboxylic acids is 3. The third-order valence-corrected chi connectivity index (χ3v) is 12.2. The van der Waals surface area contributed by atoms with Gasteiger partial charge in [0.1, 0.15) is 6.07 Å². The van der Waals surface area contributed by atoms with E-state index in [2.05, 4.69) is 59.9 Å². The Labute approximate surface area is 242 Å². The Balaban J connectivity index is 1.70. The highest BCUT2D eigenvalue weighted by Crippen LogP contribution is 2.65. The van der Waals surface area contributed by atoms with E-state index in [1.54, 1.807) is 6.92 Å². The molecule has 0 heterocycles. The number of amides is 1. The van der Waals surface area contributed by atoms with E-state index < -0.39 is 5.41 Å². The molecule has 5 nitrogen and oxygen atoms in total. The fraction of sp³-hybridized carbons (Fsp3) is 0.771. The maximum absolute atomic E-state index is 13.1. The summed E-state index contributed by atoms with van der Waals surface area (Å²) in [7, 11) is 0. The van der Waals surface area contributed by atoms with Crippen LogP contribution in [0.4, 0.5) is 0 Å². The highest BCUT2D eigenvalue weighted by molar-refractivity contribution is 6.02. The molecule has 220 valence electrons. The molecule has 40 heavy (non-hydrogen) atoms. The van der Waals surface area contributed by atoms with Crippen LogP contribution in [0.3, 0.4) is 0 Å². The van der Waals surface area contributed by atoms with Crippen molar-refractivity contribution in [3.63, 3.8) is 0 Å². The van der Waals surface area contributed by atoms with Crippen LogP contribution in [0.2, 0.25) is 0 Å². The second kappa shape index (κ2) is 10.2. The number of hydrogen-bond acceptors (Lipinski definition) is 4. The van der Waals surface area contributed by atoms with Crippen molar-refractivity contribution < 1.29 is 14.4 Å². The highest BCUT2D eigenvalue weighted by Gasteiger charge is 2.58. The molecule has 4 rings (SSSR count). The van der Waals surface area contributed by atoms with Gasteiger partial charge in [-0.15, -0.1) is 0 Å². The van der Waals surface area contributed by atoms with Crippen LogP contribution in [0, 0.1) is 56.7 Å². The molecule has 3 fully saturated rings. The summed E-state index contributed by atoms with van der Waals surface area (Å²) in [5.41, 5.74) is 0.330. The summed E-state index contributed by atoms with van der Waals surface area (Å²) in [5, 5.41) is 13.4. The highest BCUT2D eigenvalue weighted by atomic mass is 16.2. The number of carbonyl (C=O) groups is 3. The van der Waals surface area contributed by atoms with Crippen molar-refractivity contribution in [2.24, 2.45) is 45.3 Å². The third-order valence-electron chi connectivity index (χ3n) is 12.2. The van der Waals surface area contributed by atoms with E-state index in [0.29, 0.717) is 5.92 Å². The van der Waals surface area contributed by atoms with Crippen molar-refractivity contribution in [2.75, 3.05) is 0 Å². The second-order valence-electron chi connectivity index (χ2n) is 15.8. The normalized spacial score (nSPS) is 38.7. The smallest absolute Gasteiger partial charge is 0.223 e. The lowest BCUT2D eigenvalue weighted by Crippen LogP contribution is -2.58. The predicted molar refractivity (Wildman–Crippen MR) is 159 cm³/mol. The SMILES string of the molecule is CC(=O)/C=C1/[C@@]2(C)C=C(C#N)C(=O)[C@@H](C)[C@@H]2CC[C@@]1(C)C(C)(C)CC[C@@]1(NC(=O)C2CC2)CCC(C)(C)CC1C. The van der Waals surface area contributed by atoms with Gasteiger partial charge in [-0.2, -0.15) is 5.26 Å². The van der Waals surface area contributed by atoms with E-state index in [1.165, 1.54) is 0 Å². The van der Waals surface area contributed by atoms with Gasteiger partial charge in [0.15, 0.2) is 11.6 Å². The van der Waals surface area contributed by atoms with E-state index in [-0.39, 0.29) is 62.6 Å². The summed E-state index contributed by atoms with van der Waals surface area (Å²) in [6.07, 6.45) is 12.5. The van der Waals surface area contributed by atoms with Gasteiger partial charge in [0.25, 0.3) is 0 Å². The molecule has 1 N–H and O–H groups in total. The zero-order valence-electron chi connectivity index (χ0n) is 26.5. The van der Waals surface area contributed by atoms with Gasteiger partial charge in [-0.25, -0.2) is 0 Å². The quantitative estimate of drug-likeness (QED) is 0.334. The van der Waals surface area contributed by atoms with Crippen LogP contribution in [-0.4, -0.2) is 23.0 Å². The molecule has 0 aromatic rings. The first kappa shape index (κ1) is 30.7. The number of nitrogens with one attached hydrogen (secondary N) is 1. The first-order valence-electron chi connectivity index (χ1n) is 15.6. The molecule has 6 atom stereocenters. The number of allylic oxidation sites excluding steroid dienone is 4. The lowest BCUT2D eigenvalue weighted by atomic mass is 9.44. The summed E-state index contributed by atoms with van der Waals surface area (Å²) in [6, 6.07) is 2.16. The summed E-state index contributed by atoms with van der Waals surface area (Å²) >= 11 is 0. The molecule has 5 heteroatoms. The van der Waals surface area contributed by atoms with Gasteiger partial charge < -0.3 is 5.32 Å². The fourth-order valence-electron chi connectivity index (χ4n) is 8.79. The maximum atomic E-state index is 13.1. The van der Waals surface area contributed by atoms with E-state index in [4.69, 9.17) is 0 Å². The summed E-state index contributed by atoms with van der Waals surface area (Å²) < 4.78 is 0. The average molecular weight is 549 g/mol. The van der Waals surface area contributed by atoms with Gasteiger partial charge in [0.05, 0.1) is 5.57 Å². The van der Waals surface area contributed by atoms with Crippen molar-refractivity contribution in [2.45, 2.75) is 126 Å². The van der Waals surface area contributed by atoms with Crippen LogP contribution < -0.4 is 5.32 Å². The lowest BCUT2D eigenvalue weighted by Gasteiger charge is -2.60. The summed E-state index contributed by atoms with van der Waals surface area (Å²) in [4.78, 5) is 38.8. The zero-order valence-corrected chi connectivity index (χ0v) is 26.5. The fourth-order valence-corrected chi connectivity index (χ4v) is 8.79. The number of Topliss-reactive ketones (excluding diaryl/α,β-unsaturated/α-hetero) is 1. The summed E-state index contributed by atoms with van der Waals surface area (Å²) in [5.74, 6) is 0.549. The molecule has 4 aliphatic rings. The van der Waals surface area contributed by atoms with Crippen LogP contribution >= 0.6 is 0 Å². The van der Waals surface area contributed by atoms with Crippen LogP contribution in [0.5, 0.6) is 0 Å². The molecule has 3 saturated carbocycles. The van der Waals surface area contributed by atoms with E-state index >= 15 is 0 Å². The molecule has 0 aliphatic heterocycles. The van der Waals surface area contributed by atoms with Crippen LogP contribution in [0.25, 0.3) is 0 Å². The lowest BCUT2D eigenvalue weighted by molar-refractivity contribution is -0.127. The Morgan fingerprint density at radius 3 is 2.30 bits per heavy atom. The van der Waals surface area contributed by atoms with Crippen molar-refractivity contribution in [1.82, 2.24) is 5.32 Å². The number of ketones is 2. The predicted octanol–water partition coefficient (Wildman–Crippen LogP) is 7.51. The number of nitriles is 1. The van der Waals surface area contributed by atoms with Gasteiger partial charge in [0.2, 0.25) is 5.91 Å². The third kappa shape index (κ3) is 5.25. The zero-order chi connectivity index (χ0) is 29.9. The largest absolute Gasteiger partial charge is 0.350 e. The summed E-state index contributed by atoms with van der Waals surface area (Å²) in [6.45, 7) is 19.7. The van der Waals surface area contributed by atoms with Gasteiger partial charge in [-0.1, -0.05) is 67.0 Å². The molecule has 0 saturated heterocycles. The van der Waals surface area contributed by atoms with Crippen LogP contribution in [-0.2, 0) is 14.4 Å². The second-order valence-corrected chi connectivity index (χ2v) is 15.8. The Bertz CT molecular complexity index is 1180. The minimum atomic E-state index is -0.533. The van der Waals surface area contributed by atoms with E-state index in [0.717, 1.165) is 63.4 Å². The molecule has 1 amide bonds. The maximum Gasteiger partial charge on any atom is 0.223 e. The molecule has 0 bridgehead atoms. The molecular formula is C35H52N2O3. The number of hydrogen-bond donors (Lipinski definition) is 1. The molecule has 0 spiro atoms. The van der Waals surface area contributed by atoms with Gasteiger partial charge in [-0.3, -0.25) is 14.4 Å². The van der Waals surface area contributed by atoms with Crippen LogP contribution in [0.15, 0.2) is 23.3 Å². The first-order chi connectivity index (χ1) is 18.4. The molecule has 1 unspecified atom stereocenters.